The minimum absolute atomic E-state index is 0. The normalized spacial score (nSPS) is 36.8. The fraction of sp³-hybridized carbons (Fsp3) is 1.00. The fourth-order valence-corrected chi connectivity index (χ4v) is 4.33. The van der Waals surface area contributed by atoms with Crippen molar-refractivity contribution in [1.29, 1.82) is 0 Å². The summed E-state index contributed by atoms with van der Waals surface area (Å²) in [5.74, 6) is 0. The van der Waals surface area contributed by atoms with Gasteiger partial charge in [-0.2, -0.15) is 62.9 Å². The minimum Gasteiger partial charge on any atom is 0 e. The Kier molecular flexibility index (Phi) is 13.3. The van der Waals surface area contributed by atoms with E-state index in [1.807, 2.05) is 0 Å². The average molecular weight is 466 g/mol. The van der Waals surface area contributed by atoms with Gasteiger partial charge in [0.1, 0.15) is 0 Å². The number of halogens is 2. The average Bonchev–Trinajstić information content (AvgIpc) is 2.69. The molecule has 0 bridgehead atoms. The molecule has 8 heteroatoms. The van der Waals surface area contributed by atoms with Gasteiger partial charge in [-0.1, -0.05) is 58.3 Å². The van der Waals surface area contributed by atoms with Gasteiger partial charge < -0.3 is 26.6 Å². The largest absolute Gasteiger partial charge is 0 e. The predicted octanol–water partition coefficient (Wildman–Crippen LogP) is 7.24. The summed E-state index contributed by atoms with van der Waals surface area (Å²) in [7, 11) is 9.59. The summed E-state index contributed by atoms with van der Waals surface area (Å²) in [5, 5.41) is 24.6. The third-order valence-corrected chi connectivity index (χ3v) is 5.72. The van der Waals surface area contributed by atoms with E-state index in [2.05, 4.69) is 6.92 Å². The van der Waals surface area contributed by atoms with Crippen LogP contribution < -0.4 is 0 Å². The molecule has 1 saturated heterocycles. The van der Waals surface area contributed by atoms with E-state index >= 15 is 0 Å². The molecule has 0 amide bonds. The molecule has 0 aromatic rings. The summed E-state index contributed by atoms with van der Waals surface area (Å²) in [4.78, 5) is 0. The zero-order chi connectivity index (χ0) is 19.3. The fourth-order valence-electron chi connectivity index (χ4n) is 4.33. The number of fused-ring (bicyclic) bond motifs is 2. The van der Waals surface area contributed by atoms with Crippen LogP contribution in [0, 0.1) is 0 Å². The Morgan fingerprint density at radius 3 is 1.37 bits per heavy atom. The number of rotatable bonds is 0. The SMILES string of the molecule is C[C@@H]1C[N-][C@@H]2CCCC[C@H]2[N-]CC[N-]C2CCCCC2[N-]CC[N-]1.[Cl][Mn][Cl].[HH].[HH].[HH].[HH]. The second-order valence-electron chi connectivity index (χ2n) is 7.73. The Hall–Kier alpha value is 0.899. The molecule has 3 fully saturated rings. The second kappa shape index (κ2) is 14.8. The van der Waals surface area contributed by atoms with Gasteiger partial charge in [-0.3, -0.25) is 0 Å². The molecule has 0 spiro atoms. The van der Waals surface area contributed by atoms with Crippen LogP contribution >= 0.6 is 20.2 Å². The topological polar surface area (TPSA) is 70.5 Å². The quantitative estimate of drug-likeness (QED) is 0.338. The third kappa shape index (κ3) is 9.50. The van der Waals surface area contributed by atoms with Gasteiger partial charge in [0.15, 0.2) is 0 Å². The van der Waals surface area contributed by atoms with E-state index in [1.54, 1.807) is 0 Å². The van der Waals surface area contributed by atoms with Gasteiger partial charge in [0, 0.05) is 5.71 Å². The van der Waals surface area contributed by atoms with E-state index in [-0.39, 0.29) is 18.8 Å². The zero-order valence-electron chi connectivity index (χ0n) is 16.4. The van der Waals surface area contributed by atoms with Crippen LogP contribution in [0.3, 0.4) is 0 Å². The Morgan fingerprint density at radius 1 is 0.630 bits per heavy atom. The standard InChI is InChI=1S/C19H34N5.2ClH.Mn.4H2/c1-15-14-24-19-9-5-4-8-18(19)23-13-12-22-17-7-3-2-6-16(17)21-11-10-20-15;;;;;;;/h15-19H,2-14H2,1H3;2*1H;;4*1H/q-5;;;+2;;;;/p-2/t15-,16?,17?,18-,19-;;;;;;;/m1......./s1. The molecule has 0 N–H and O–H groups in total. The monoisotopic (exact) mass is 465 g/mol. The molecule has 3 rings (SSSR count). The van der Waals surface area contributed by atoms with E-state index in [0.717, 1.165) is 32.7 Å². The van der Waals surface area contributed by atoms with E-state index in [0.29, 0.717) is 30.2 Å². The van der Waals surface area contributed by atoms with Crippen molar-refractivity contribution in [1.82, 2.24) is 0 Å². The van der Waals surface area contributed by atoms with Crippen LogP contribution in [0.2, 0.25) is 0 Å². The van der Waals surface area contributed by atoms with Crippen LogP contribution in [-0.2, 0) is 13.1 Å². The van der Waals surface area contributed by atoms with Gasteiger partial charge in [-0.05, 0) is 0 Å². The summed E-state index contributed by atoms with van der Waals surface area (Å²) in [6.45, 7) is 6.50. The van der Waals surface area contributed by atoms with E-state index in [9.17, 15) is 0 Å². The molecule has 2 unspecified atom stereocenters. The van der Waals surface area contributed by atoms with Crippen LogP contribution in [0.1, 0.15) is 64.0 Å². The maximum atomic E-state index is 4.97. The molecule has 1 aliphatic heterocycles. The molecule has 0 aromatic carbocycles. The number of hydrogen-bond acceptors (Lipinski definition) is 0. The van der Waals surface area contributed by atoms with E-state index in [1.165, 1.54) is 51.4 Å². The van der Waals surface area contributed by atoms with Gasteiger partial charge in [-0.15, -0.1) is 0 Å². The molecule has 5 atom stereocenters. The van der Waals surface area contributed by atoms with Gasteiger partial charge in [0.2, 0.25) is 0 Å². The Balaban J connectivity index is -0.00000106. The van der Waals surface area contributed by atoms with Gasteiger partial charge in [0.05, 0.1) is 0 Å². The first-order valence-corrected chi connectivity index (χ1v) is 13.7. The maximum absolute atomic E-state index is 4.97. The second-order valence-corrected chi connectivity index (χ2v) is 9.68. The first-order valence-electron chi connectivity index (χ1n) is 10.4. The Morgan fingerprint density at radius 2 is 0.963 bits per heavy atom. The molecule has 0 radical (unpaired) electrons. The van der Waals surface area contributed by atoms with Gasteiger partial charge >= 0.3 is 33.3 Å². The predicted molar refractivity (Wildman–Crippen MR) is 123 cm³/mol. The molecule has 3 aliphatic rings. The molecule has 2 saturated carbocycles. The van der Waals surface area contributed by atoms with Crippen molar-refractivity contribution in [2.75, 3.05) is 32.7 Å². The molecule has 1 heterocycles. The minimum atomic E-state index is 0. The number of hydrogen-bond donors (Lipinski definition) is 0. The summed E-state index contributed by atoms with van der Waals surface area (Å²) >= 11 is 0.00694. The molecule has 169 valence electrons. The van der Waals surface area contributed by atoms with Crippen molar-refractivity contribution in [3.63, 3.8) is 0 Å². The molecule has 2 aliphatic carbocycles. The molecular formula is C19H42Cl2MnN5-5. The molecule has 5 nitrogen and oxygen atoms in total. The molecule has 0 aromatic heterocycles. The summed E-state index contributed by atoms with van der Waals surface area (Å²) in [6.07, 6.45) is 10.1. The van der Waals surface area contributed by atoms with Crippen LogP contribution in [0.15, 0.2) is 0 Å². The maximum Gasteiger partial charge on any atom is 0 e. The van der Waals surface area contributed by atoms with Crippen molar-refractivity contribution in [3.8, 4) is 0 Å². The van der Waals surface area contributed by atoms with Crippen molar-refractivity contribution < 1.29 is 18.8 Å². The Labute approximate surface area is 186 Å². The summed E-state index contributed by atoms with van der Waals surface area (Å²) < 4.78 is 0. The number of nitrogens with zero attached hydrogens (tertiary/aromatic N) is 5. The summed E-state index contributed by atoms with van der Waals surface area (Å²) in [6, 6.07) is 2.04. The van der Waals surface area contributed by atoms with Crippen molar-refractivity contribution >= 4 is 20.2 Å². The van der Waals surface area contributed by atoms with Crippen LogP contribution in [0.4, 0.5) is 0 Å². The van der Waals surface area contributed by atoms with Gasteiger partial charge in [0.25, 0.3) is 0 Å². The van der Waals surface area contributed by atoms with E-state index in [4.69, 9.17) is 46.8 Å². The first-order chi connectivity index (χ1) is 13.2. The first kappa shape index (κ1) is 24.2. The zero-order valence-corrected chi connectivity index (χ0v) is 19.1. The Bertz CT molecular complexity index is 397. The van der Waals surface area contributed by atoms with Crippen LogP contribution in [-0.4, -0.2) is 62.9 Å². The third-order valence-electron chi connectivity index (χ3n) is 5.72. The van der Waals surface area contributed by atoms with E-state index < -0.39 is 0 Å². The molecular weight excluding hydrogens is 424 g/mol. The van der Waals surface area contributed by atoms with Crippen LogP contribution in [0.5, 0.6) is 0 Å². The van der Waals surface area contributed by atoms with Crippen molar-refractivity contribution in [2.45, 2.75) is 88.5 Å². The van der Waals surface area contributed by atoms with Crippen molar-refractivity contribution in [3.05, 3.63) is 26.6 Å². The van der Waals surface area contributed by atoms with Crippen LogP contribution in [0.25, 0.3) is 26.6 Å². The molecule has 27 heavy (non-hydrogen) atoms. The van der Waals surface area contributed by atoms with Gasteiger partial charge in [-0.25, -0.2) is 0 Å². The van der Waals surface area contributed by atoms with Crippen molar-refractivity contribution in [2.24, 2.45) is 0 Å². The summed E-state index contributed by atoms with van der Waals surface area (Å²) in [5.41, 5.74) is 0. The smallest absolute Gasteiger partial charge is 0 e.